The monoisotopic (exact) mass is 280 g/mol. The third kappa shape index (κ3) is 3.27. The fourth-order valence-corrected chi connectivity index (χ4v) is 3.32. The van der Waals surface area contributed by atoms with Crippen molar-refractivity contribution in [2.45, 2.75) is 31.7 Å². The van der Waals surface area contributed by atoms with E-state index in [2.05, 4.69) is 59.5 Å². The number of rotatable bonds is 5. The smallest absolute Gasteiger partial charge is 0.0415 e. The first kappa shape index (κ1) is 14.2. The SMILES string of the molecule is NCC(CCc1ccccc1)N1CCCc2ccccc21. The summed E-state index contributed by atoms with van der Waals surface area (Å²) in [6.45, 7) is 1.86. The predicted octanol–water partition coefficient (Wildman–Crippen LogP) is 3.40. The second-order valence-corrected chi connectivity index (χ2v) is 5.84. The number of benzene rings is 2. The lowest BCUT2D eigenvalue weighted by Gasteiger charge is -2.37. The van der Waals surface area contributed by atoms with Crippen LogP contribution in [0.2, 0.25) is 0 Å². The molecule has 0 aliphatic carbocycles. The third-order valence-electron chi connectivity index (χ3n) is 4.47. The minimum Gasteiger partial charge on any atom is -0.367 e. The molecule has 2 nitrogen and oxygen atoms in total. The molecule has 0 spiro atoms. The summed E-state index contributed by atoms with van der Waals surface area (Å²) in [6.07, 6.45) is 4.65. The van der Waals surface area contributed by atoms with Gasteiger partial charge in [-0.2, -0.15) is 0 Å². The number of hydrogen-bond donors (Lipinski definition) is 1. The highest BCUT2D eigenvalue weighted by atomic mass is 15.2. The van der Waals surface area contributed by atoms with E-state index in [1.165, 1.54) is 29.7 Å². The van der Waals surface area contributed by atoms with Crippen molar-refractivity contribution < 1.29 is 0 Å². The van der Waals surface area contributed by atoms with Gasteiger partial charge in [-0.3, -0.25) is 0 Å². The molecule has 0 bridgehead atoms. The Kier molecular flexibility index (Phi) is 4.56. The molecule has 0 fully saturated rings. The highest BCUT2D eigenvalue weighted by Crippen LogP contribution is 2.29. The zero-order valence-corrected chi connectivity index (χ0v) is 12.5. The number of aryl methyl sites for hydroxylation is 2. The molecule has 110 valence electrons. The van der Waals surface area contributed by atoms with Crippen LogP contribution in [0.4, 0.5) is 5.69 Å². The Bertz CT molecular complexity index is 565. The summed E-state index contributed by atoms with van der Waals surface area (Å²) < 4.78 is 0. The average Bonchev–Trinajstić information content (AvgIpc) is 2.56. The number of fused-ring (bicyclic) bond motifs is 1. The molecule has 1 unspecified atom stereocenters. The highest BCUT2D eigenvalue weighted by Gasteiger charge is 2.22. The molecule has 0 saturated carbocycles. The summed E-state index contributed by atoms with van der Waals surface area (Å²) >= 11 is 0. The van der Waals surface area contributed by atoms with Gasteiger partial charge in [-0.05, 0) is 42.9 Å². The van der Waals surface area contributed by atoms with E-state index in [1.807, 2.05) is 0 Å². The number of para-hydroxylation sites is 1. The van der Waals surface area contributed by atoms with Crippen molar-refractivity contribution in [2.24, 2.45) is 5.73 Å². The summed E-state index contributed by atoms with van der Waals surface area (Å²) in [4.78, 5) is 2.53. The number of nitrogens with zero attached hydrogens (tertiary/aromatic N) is 1. The Labute approximate surface area is 127 Å². The van der Waals surface area contributed by atoms with Gasteiger partial charge >= 0.3 is 0 Å². The maximum atomic E-state index is 6.08. The lowest BCUT2D eigenvalue weighted by molar-refractivity contribution is 0.533. The predicted molar refractivity (Wildman–Crippen MR) is 89.7 cm³/mol. The van der Waals surface area contributed by atoms with E-state index in [0.717, 1.165) is 25.9 Å². The van der Waals surface area contributed by atoms with Gasteiger partial charge in [0.2, 0.25) is 0 Å². The molecule has 0 saturated heterocycles. The minimum absolute atomic E-state index is 0.437. The molecular formula is C19H24N2. The van der Waals surface area contributed by atoms with E-state index >= 15 is 0 Å². The van der Waals surface area contributed by atoms with Crippen molar-refractivity contribution >= 4 is 5.69 Å². The fraction of sp³-hybridized carbons (Fsp3) is 0.368. The number of hydrogen-bond acceptors (Lipinski definition) is 2. The summed E-state index contributed by atoms with van der Waals surface area (Å²) in [6, 6.07) is 19.9. The van der Waals surface area contributed by atoms with Gasteiger partial charge in [0.25, 0.3) is 0 Å². The van der Waals surface area contributed by atoms with E-state index < -0.39 is 0 Å². The second-order valence-electron chi connectivity index (χ2n) is 5.84. The number of anilines is 1. The Morgan fingerprint density at radius 3 is 2.57 bits per heavy atom. The van der Waals surface area contributed by atoms with Crippen LogP contribution in [-0.4, -0.2) is 19.1 Å². The molecule has 21 heavy (non-hydrogen) atoms. The molecule has 0 radical (unpaired) electrons. The van der Waals surface area contributed by atoms with Crippen LogP contribution < -0.4 is 10.6 Å². The third-order valence-corrected chi connectivity index (χ3v) is 4.47. The maximum absolute atomic E-state index is 6.08. The zero-order valence-electron chi connectivity index (χ0n) is 12.5. The first-order valence-electron chi connectivity index (χ1n) is 7.97. The topological polar surface area (TPSA) is 29.3 Å². The molecule has 0 amide bonds. The van der Waals surface area contributed by atoms with Crippen molar-refractivity contribution in [2.75, 3.05) is 18.0 Å². The lowest BCUT2D eigenvalue weighted by Crippen LogP contribution is -2.43. The lowest BCUT2D eigenvalue weighted by atomic mass is 9.97. The van der Waals surface area contributed by atoms with E-state index in [-0.39, 0.29) is 0 Å². The van der Waals surface area contributed by atoms with Crippen LogP contribution in [0.25, 0.3) is 0 Å². The number of nitrogens with two attached hydrogens (primary N) is 1. The van der Waals surface area contributed by atoms with Gasteiger partial charge in [0.05, 0.1) is 0 Å². The van der Waals surface area contributed by atoms with Crippen LogP contribution in [0.15, 0.2) is 54.6 Å². The van der Waals surface area contributed by atoms with Gasteiger partial charge in [0, 0.05) is 24.8 Å². The molecule has 2 aromatic carbocycles. The molecule has 1 heterocycles. The van der Waals surface area contributed by atoms with Crippen LogP contribution in [0, 0.1) is 0 Å². The van der Waals surface area contributed by atoms with Crippen molar-refractivity contribution in [3.05, 3.63) is 65.7 Å². The van der Waals surface area contributed by atoms with E-state index in [0.29, 0.717) is 6.04 Å². The summed E-state index contributed by atoms with van der Waals surface area (Å²) in [5.74, 6) is 0. The quantitative estimate of drug-likeness (QED) is 0.909. The molecule has 1 atom stereocenters. The normalized spacial score (nSPS) is 15.6. The minimum atomic E-state index is 0.437. The first-order valence-corrected chi connectivity index (χ1v) is 7.97. The van der Waals surface area contributed by atoms with Gasteiger partial charge in [0.15, 0.2) is 0 Å². The average molecular weight is 280 g/mol. The second kappa shape index (κ2) is 6.77. The Morgan fingerprint density at radius 2 is 1.76 bits per heavy atom. The van der Waals surface area contributed by atoms with Crippen LogP contribution in [0.3, 0.4) is 0 Å². The highest BCUT2D eigenvalue weighted by molar-refractivity contribution is 5.56. The Balaban J connectivity index is 1.72. The van der Waals surface area contributed by atoms with Crippen LogP contribution in [0.1, 0.15) is 24.0 Å². The first-order chi connectivity index (χ1) is 10.4. The van der Waals surface area contributed by atoms with E-state index in [1.54, 1.807) is 0 Å². The van der Waals surface area contributed by atoms with Crippen molar-refractivity contribution in [1.29, 1.82) is 0 Å². The van der Waals surface area contributed by atoms with Gasteiger partial charge < -0.3 is 10.6 Å². The van der Waals surface area contributed by atoms with Crippen LogP contribution >= 0.6 is 0 Å². The van der Waals surface area contributed by atoms with Crippen molar-refractivity contribution in [3.8, 4) is 0 Å². The molecular weight excluding hydrogens is 256 g/mol. The van der Waals surface area contributed by atoms with Gasteiger partial charge in [-0.1, -0.05) is 48.5 Å². The van der Waals surface area contributed by atoms with Crippen LogP contribution in [-0.2, 0) is 12.8 Å². The molecule has 2 aromatic rings. The van der Waals surface area contributed by atoms with E-state index in [9.17, 15) is 0 Å². The van der Waals surface area contributed by atoms with Gasteiger partial charge in [-0.25, -0.2) is 0 Å². The molecule has 2 N–H and O–H groups in total. The standard InChI is InChI=1S/C19H24N2/c20-15-18(13-12-16-7-2-1-3-8-16)21-14-6-10-17-9-4-5-11-19(17)21/h1-5,7-9,11,18H,6,10,12-15,20H2. The molecule has 3 rings (SSSR count). The summed E-state index contributed by atoms with van der Waals surface area (Å²) in [5, 5.41) is 0. The molecule has 1 aliphatic heterocycles. The van der Waals surface area contributed by atoms with E-state index in [4.69, 9.17) is 5.73 Å². The van der Waals surface area contributed by atoms with Crippen molar-refractivity contribution in [1.82, 2.24) is 0 Å². The molecule has 0 aromatic heterocycles. The maximum Gasteiger partial charge on any atom is 0.0415 e. The summed E-state index contributed by atoms with van der Waals surface area (Å²) in [5.41, 5.74) is 10.4. The largest absolute Gasteiger partial charge is 0.367 e. The van der Waals surface area contributed by atoms with Gasteiger partial charge in [-0.15, -0.1) is 0 Å². The van der Waals surface area contributed by atoms with Crippen molar-refractivity contribution in [3.63, 3.8) is 0 Å². The zero-order chi connectivity index (χ0) is 14.5. The Morgan fingerprint density at radius 1 is 1.00 bits per heavy atom. The molecule has 1 aliphatic rings. The van der Waals surface area contributed by atoms with Gasteiger partial charge in [0.1, 0.15) is 0 Å². The Hall–Kier alpha value is -1.80. The summed E-state index contributed by atoms with van der Waals surface area (Å²) in [7, 11) is 0. The fourth-order valence-electron chi connectivity index (χ4n) is 3.32. The molecule has 2 heteroatoms. The van der Waals surface area contributed by atoms with Crippen LogP contribution in [0.5, 0.6) is 0 Å².